The molecule has 0 aliphatic heterocycles. The van der Waals surface area contributed by atoms with Crippen molar-refractivity contribution in [3.8, 4) is 17.2 Å². The highest BCUT2D eigenvalue weighted by Crippen LogP contribution is 2.25. The molecule has 9 heteroatoms. The molecule has 0 unspecified atom stereocenters. The standard InChI is InChI=1S/C15H12N4O3S2/c20-11-6-1-8(7-12(11)21)13(22)16-9-2-4-10(5-3-9)19-14(23)17-18-15(19)24/h1-7,20-21H,(H,16,22)(H,17,23)(H,18,24). The van der Waals surface area contributed by atoms with Gasteiger partial charge in [0.25, 0.3) is 5.91 Å². The van der Waals surface area contributed by atoms with Crippen LogP contribution >= 0.6 is 24.4 Å². The van der Waals surface area contributed by atoms with Gasteiger partial charge in [-0.3, -0.25) is 19.6 Å². The predicted octanol–water partition coefficient (Wildman–Crippen LogP) is 3.26. The van der Waals surface area contributed by atoms with Gasteiger partial charge in [-0.25, -0.2) is 0 Å². The Balaban J connectivity index is 1.81. The third kappa shape index (κ3) is 3.07. The second-order valence-electron chi connectivity index (χ2n) is 4.90. The van der Waals surface area contributed by atoms with Crippen molar-refractivity contribution in [2.45, 2.75) is 0 Å². The van der Waals surface area contributed by atoms with Gasteiger partial charge in [0.2, 0.25) is 0 Å². The number of nitrogens with zero attached hydrogens (tertiary/aromatic N) is 1. The third-order valence-electron chi connectivity index (χ3n) is 3.30. The minimum Gasteiger partial charge on any atom is -0.504 e. The molecule has 0 aliphatic carbocycles. The molecule has 1 heterocycles. The molecular weight excluding hydrogens is 348 g/mol. The maximum absolute atomic E-state index is 12.1. The van der Waals surface area contributed by atoms with Crippen molar-refractivity contribution < 1.29 is 15.0 Å². The number of hydrogen-bond acceptors (Lipinski definition) is 5. The summed E-state index contributed by atoms with van der Waals surface area (Å²) >= 11 is 10.3. The Kier molecular flexibility index (Phi) is 4.19. The lowest BCUT2D eigenvalue weighted by Crippen LogP contribution is -2.11. The number of amides is 1. The van der Waals surface area contributed by atoms with E-state index in [1.165, 1.54) is 18.2 Å². The molecule has 0 saturated heterocycles. The predicted molar refractivity (Wildman–Crippen MR) is 93.9 cm³/mol. The number of aromatic nitrogens is 3. The number of carbonyl (C=O) groups is 1. The molecule has 3 rings (SSSR count). The van der Waals surface area contributed by atoms with Crippen molar-refractivity contribution >= 4 is 36.0 Å². The van der Waals surface area contributed by atoms with Crippen molar-refractivity contribution in [2.24, 2.45) is 0 Å². The van der Waals surface area contributed by atoms with Gasteiger partial charge >= 0.3 is 0 Å². The molecule has 0 atom stereocenters. The van der Waals surface area contributed by atoms with E-state index in [-0.39, 0.29) is 17.1 Å². The van der Waals surface area contributed by atoms with Gasteiger partial charge in [-0.05, 0) is 66.9 Å². The smallest absolute Gasteiger partial charge is 0.255 e. The van der Waals surface area contributed by atoms with Gasteiger partial charge in [-0.15, -0.1) is 0 Å². The van der Waals surface area contributed by atoms with E-state index in [1.54, 1.807) is 28.8 Å². The van der Waals surface area contributed by atoms with E-state index in [0.717, 1.165) is 5.69 Å². The summed E-state index contributed by atoms with van der Waals surface area (Å²) in [5, 5.41) is 26.9. The Bertz CT molecular complexity index is 991. The number of H-pyrrole nitrogens is 2. The minimum atomic E-state index is -0.409. The summed E-state index contributed by atoms with van der Waals surface area (Å²) in [5.41, 5.74) is 1.54. The van der Waals surface area contributed by atoms with Gasteiger partial charge in [0, 0.05) is 11.3 Å². The third-order valence-corrected chi connectivity index (χ3v) is 3.87. The molecule has 1 aromatic heterocycles. The van der Waals surface area contributed by atoms with Crippen molar-refractivity contribution in [1.82, 2.24) is 14.8 Å². The molecule has 0 spiro atoms. The van der Waals surface area contributed by atoms with Crippen LogP contribution in [-0.4, -0.2) is 30.9 Å². The zero-order chi connectivity index (χ0) is 17.3. The Hall–Kier alpha value is -2.91. The molecule has 0 bridgehead atoms. The first-order chi connectivity index (χ1) is 11.5. The quantitative estimate of drug-likeness (QED) is 0.364. The normalized spacial score (nSPS) is 10.5. The average molecular weight is 360 g/mol. The van der Waals surface area contributed by atoms with Crippen LogP contribution < -0.4 is 5.32 Å². The number of carbonyl (C=O) groups excluding carboxylic acids is 1. The number of rotatable bonds is 3. The highest BCUT2D eigenvalue weighted by Gasteiger charge is 2.09. The largest absolute Gasteiger partial charge is 0.504 e. The van der Waals surface area contributed by atoms with Crippen LogP contribution in [0.2, 0.25) is 0 Å². The zero-order valence-electron chi connectivity index (χ0n) is 12.1. The first-order valence-corrected chi connectivity index (χ1v) is 7.61. The van der Waals surface area contributed by atoms with E-state index in [9.17, 15) is 15.0 Å². The highest BCUT2D eigenvalue weighted by atomic mass is 32.1. The fourth-order valence-corrected chi connectivity index (χ4v) is 2.66. The monoisotopic (exact) mass is 360 g/mol. The number of phenolic OH excluding ortho intramolecular Hbond substituents is 2. The lowest BCUT2D eigenvalue weighted by atomic mass is 10.2. The second-order valence-corrected chi connectivity index (χ2v) is 5.67. The molecule has 5 N–H and O–H groups in total. The summed E-state index contributed by atoms with van der Waals surface area (Å²) in [4.78, 5) is 12.1. The van der Waals surface area contributed by atoms with Crippen molar-refractivity contribution in [3.05, 3.63) is 57.6 Å². The topological polar surface area (TPSA) is 106 Å². The van der Waals surface area contributed by atoms with E-state index < -0.39 is 5.91 Å². The van der Waals surface area contributed by atoms with Crippen LogP contribution in [0, 0.1) is 9.54 Å². The van der Waals surface area contributed by atoms with E-state index in [1.807, 2.05) is 0 Å². The minimum absolute atomic E-state index is 0.227. The van der Waals surface area contributed by atoms with E-state index >= 15 is 0 Å². The Morgan fingerprint density at radius 2 is 1.58 bits per heavy atom. The van der Waals surface area contributed by atoms with Crippen molar-refractivity contribution in [1.29, 1.82) is 0 Å². The van der Waals surface area contributed by atoms with Crippen molar-refractivity contribution in [2.75, 3.05) is 5.32 Å². The van der Waals surface area contributed by atoms with E-state index in [4.69, 9.17) is 24.4 Å². The van der Waals surface area contributed by atoms with E-state index in [0.29, 0.717) is 15.2 Å². The molecule has 0 saturated carbocycles. The van der Waals surface area contributed by atoms with Crippen LogP contribution in [-0.2, 0) is 0 Å². The van der Waals surface area contributed by atoms with Gasteiger partial charge in [-0.1, -0.05) is 0 Å². The maximum Gasteiger partial charge on any atom is 0.255 e. The Morgan fingerprint density at radius 3 is 2.17 bits per heavy atom. The summed E-state index contributed by atoms with van der Waals surface area (Å²) in [6.45, 7) is 0. The number of hydrogen-bond donors (Lipinski definition) is 5. The molecule has 24 heavy (non-hydrogen) atoms. The summed E-state index contributed by atoms with van der Waals surface area (Å²) in [6, 6.07) is 10.8. The Labute approximate surface area is 146 Å². The van der Waals surface area contributed by atoms with Gasteiger partial charge in [-0.2, -0.15) is 0 Å². The summed E-state index contributed by atoms with van der Waals surface area (Å²) in [6.07, 6.45) is 0. The number of aromatic hydroxyl groups is 2. The van der Waals surface area contributed by atoms with Gasteiger partial charge in [0.1, 0.15) is 0 Å². The van der Waals surface area contributed by atoms with Crippen LogP contribution in [0.4, 0.5) is 5.69 Å². The van der Waals surface area contributed by atoms with Crippen LogP contribution in [0.1, 0.15) is 10.4 Å². The molecule has 2 aromatic carbocycles. The first kappa shape index (κ1) is 16.0. The molecule has 3 aromatic rings. The fourth-order valence-electron chi connectivity index (χ4n) is 2.11. The first-order valence-electron chi connectivity index (χ1n) is 6.79. The summed E-state index contributed by atoms with van der Waals surface area (Å²) in [5.74, 6) is -1.04. The van der Waals surface area contributed by atoms with Gasteiger partial charge in [0.05, 0.1) is 5.69 Å². The van der Waals surface area contributed by atoms with Gasteiger partial charge in [0.15, 0.2) is 21.0 Å². The summed E-state index contributed by atoms with van der Waals surface area (Å²) < 4.78 is 2.53. The molecule has 0 radical (unpaired) electrons. The number of anilines is 1. The number of benzene rings is 2. The lowest BCUT2D eigenvalue weighted by Gasteiger charge is -2.08. The molecule has 122 valence electrons. The molecule has 1 amide bonds. The lowest BCUT2D eigenvalue weighted by molar-refractivity contribution is 0.102. The Morgan fingerprint density at radius 1 is 0.958 bits per heavy atom. The van der Waals surface area contributed by atoms with Gasteiger partial charge < -0.3 is 15.5 Å². The number of phenols is 2. The van der Waals surface area contributed by atoms with Crippen LogP contribution in [0.5, 0.6) is 11.5 Å². The van der Waals surface area contributed by atoms with Crippen LogP contribution in [0.25, 0.3) is 5.69 Å². The highest BCUT2D eigenvalue weighted by molar-refractivity contribution is 7.72. The molecule has 0 aliphatic rings. The summed E-state index contributed by atoms with van der Waals surface area (Å²) in [7, 11) is 0. The zero-order valence-corrected chi connectivity index (χ0v) is 13.7. The van der Waals surface area contributed by atoms with Crippen LogP contribution in [0.15, 0.2) is 42.5 Å². The second kappa shape index (κ2) is 6.30. The molecular formula is C15H12N4O3S2. The maximum atomic E-state index is 12.1. The average Bonchev–Trinajstić information content (AvgIpc) is 2.90. The van der Waals surface area contributed by atoms with Crippen molar-refractivity contribution in [3.63, 3.8) is 0 Å². The van der Waals surface area contributed by atoms with E-state index in [2.05, 4.69) is 15.5 Å². The fraction of sp³-hybridized carbons (Fsp3) is 0. The number of aromatic amines is 2. The van der Waals surface area contributed by atoms with Crippen LogP contribution in [0.3, 0.4) is 0 Å². The molecule has 7 nitrogen and oxygen atoms in total. The SMILES string of the molecule is O=C(Nc1ccc(-n2c(=S)[nH][nH]c2=S)cc1)c1ccc(O)c(O)c1. The molecule has 0 fully saturated rings. The number of nitrogens with one attached hydrogen (secondary N) is 3.